The van der Waals surface area contributed by atoms with Crippen molar-refractivity contribution in [2.75, 3.05) is 32.1 Å². The maximum absolute atomic E-state index is 12.4. The molecule has 0 aliphatic carbocycles. The van der Waals surface area contributed by atoms with Crippen LogP contribution in [0.4, 0.5) is 5.69 Å². The van der Waals surface area contributed by atoms with E-state index in [0.717, 1.165) is 10.8 Å². The highest BCUT2D eigenvalue weighted by Crippen LogP contribution is 2.19. The van der Waals surface area contributed by atoms with Crippen molar-refractivity contribution in [2.45, 2.75) is 12.5 Å². The minimum absolute atomic E-state index is 0.0297. The molecular formula is C19H21N3O4. The largest absolute Gasteiger partial charge is 0.469 e. The number of hydrogen-bond acceptors (Lipinski definition) is 5. The molecule has 1 atom stereocenters. The molecule has 0 bridgehead atoms. The summed E-state index contributed by atoms with van der Waals surface area (Å²) in [6, 6.07) is 12.9. The zero-order chi connectivity index (χ0) is 18.5. The summed E-state index contributed by atoms with van der Waals surface area (Å²) in [6.07, 6.45) is -0.0778. The maximum Gasteiger partial charge on any atom is 0.307 e. The number of hydrogen-bond donors (Lipinski definition) is 2. The fourth-order valence-corrected chi connectivity index (χ4v) is 3.07. The SMILES string of the molecule is COC(=O)C[C@H]1C(=O)NCCN1CC(=O)Nc1ccc2ccccc2c1. The second-order valence-corrected chi connectivity index (χ2v) is 6.17. The fourth-order valence-electron chi connectivity index (χ4n) is 3.07. The molecule has 26 heavy (non-hydrogen) atoms. The minimum atomic E-state index is -0.696. The molecule has 7 heteroatoms. The van der Waals surface area contributed by atoms with Crippen molar-refractivity contribution in [1.82, 2.24) is 10.2 Å². The first kappa shape index (κ1) is 17.9. The molecule has 1 heterocycles. The average Bonchev–Trinajstić information content (AvgIpc) is 2.64. The number of carbonyl (C=O) groups is 3. The van der Waals surface area contributed by atoms with Gasteiger partial charge in [0.25, 0.3) is 0 Å². The average molecular weight is 355 g/mol. The van der Waals surface area contributed by atoms with Crippen LogP contribution in [0.1, 0.15) is 6.42 Å². The van der Waals surface area contributed by atoms with Crippen LogP contribution in [0.3, 0.4) is 0 Å². The number of carbonyl (C=O) groups excluding carboxylic acids is 3. The van der Waals surface area contributed by atoms with Gasteiger partial charge in [0.15, 0.2) is 0 Å². The molecule has 136 valence electrons. The van der Waals surface area contributed by atoms with E-state index in [1.165, 1.54) is 7.11 Å². The molecule has 2 amide bonds. The van der Waals surface area contributed by atoms with Crippen molar-refractivity contribution in [1.29, 1.82) is 0 Å². The number of nitrogens with one attached hydrogen (secondary N) is 2. The highest BCUT2D eigenvalue weighted by molar-refractivity contribution is 5.96. The van der Waals surface area contributed by atoms with Gasteiger partial charge in [-0.3, -0.25) is 19.3 Å². The lowest BCUT2D eigenvalue weighted by Gasteiger charge is -2.33. The van der Waals surface area contributed by atoms with Crippen LogP contribution in [0.2, 0.25) is 0 Å². The standard InChI is InChI=1S/C19H21N3O4/c1-26-18(24)11-16-19(25)20-8-9-22(16)12-17(23)21-15-7-6-13-4-2-3-5-14(13)10-15/h2-7,10,16H,8-9,11-12H2,1H3,(H,20,25)(H,21,23)/t16-/m0/s1. The van der Waals surface area contributed by atoms with E-state index in [2.05, 4.69) is 15.4 Å². The summed E-state index contributed by atoms with van der Waals surface area (Å²) < 4.78 is 4.64. The van der Waals surface area contributed by atoms with Gasteiger partial charge in [-0.05, 0) is 22.9 Å². The molecule has 1 fully saturated rings. The Morgan fingerprint density at radius 2 is 2.00 bits per heavy atom. The van der Waals surface area contributed by atoms with Crippen molar-refractivity contribution >= 4 is 34.2 Å². The van der Waals surface area contributed by atoms with E-state index in [0.29, 0.717) is 18.8 Å². The maximum atomic E-state index is 12.4. The number of fused-ring (bicyclic) bond motifs is 1. The van der Waals surface area contributed by atoms with E-state index in [-0.39, 0.29) is 24.8 Å². The van der Waals surface area contributed by atoms with Gasteiger partial charge in [0.2, 0.25) is 11.8 Å². The number of piperazine rings is 1. The molecule has 2 aromatic carbocycles. The van der Waals surface area contributed by atoms with E-state index >= 15 is 0 Å². The Labute approximate surface area is 151 Å². The van der Waals surface area contributed by atoms with Crippen LogP contribution in [0.15, 0.2) is 42.5 Å². The molecule has 0 saturated carbocycles. The molecule has 1 aliphatic rings. The second kappa shape index (κ2) is 7.97. The molecule has 0 spiro atoms. The van der Waals surface area contributed by atoms with E-state index in [1.807, 2.05) is 42.5 Å². The quantitative estimate of drug-likeness (QED) is 0.786. The predicted molar refractivity (Wildman–Crippen MR) is 97.6 cm³/mol. The van der Waals surface area contributed by atoms with Crippen molar-refractivity contribution in [2.24, 2.45) is 0 Å². The lowest BCUT2D eigenvalue weighted by molar-refractivity contribution is -0.146. The van der Waals surface area contributed by atoms with Crippen LogP contribution < -0.4 is 10.6 Å². The van der Waals surface area contributed by atoms with Gasteiger partial charge in [-0.15, -0.1) is 0 Å². The zero-order valence-corrected chi connectivity index (χ0v) is 14.5. The summed E-state index contributed by atoms with van der Waals surface area (Å²) in [5, 5.41) is 7.70. The van der Waals surface area contributed by atoms with Gasteiger partial charge in [-0.2, -0.15) is 0 Å². The summed E-state index contributed by atoms with van der Waals surface area (Å²) in [7, 11) is 1.28. The highest BCUT2D eigenvalue weighted by atomic mass is 16.5. The van der Waals surface area contributed by atoms with Crippen LogP contribution in [-0.4, -0.2) is 55.5 Å². The number of amides is 2. The molecule has 0 unspecified atom stereocenters. The van der Waals surface area contributed by atoms with Crippen LogP contribution in [0.5, 0.6) is 0 Å². The van der Waals surface area contributed by atoms with Crippen LogP contribution in [0.25, 0.3) is 10.8 Å². The number of benzene rings is 2. The molecule has 0 aromatic heterocycles. The number of anilines is 1. The lowest BCUT2D eigenvalue weighted by Crippen LogP contribution is -2.57. The summed E-state index contributed by atoms with van der Waals surface area (Å²) in [4.78, 5) is 37.7. The Balaban J connectivity index is 1.66. The van der Waals surface area contributed by atoms with E-state index in [4.69, 9.17) is 0 Å². The summed E-state index contributed by atoms with van der Waals surface area (Å²) >= 11 is 0. The smallest absolute Gasteiger partial charge is 0.307 e. The van der Waals surface area contributed by atoms with Gasteiger partial charge >= 0.3 is 5.97 Å². The van der Waals surface area contributed by atoms with E-state index in [1.54, 1.807) is 4.90 Å². The Kier molecular flexibility index (Phi) is 5.48. The molecule has 2 N–H and O–H groups in total. The van der Waals surface area contributed by atoms with Gasteiger partial charge in [-0.1, -0.05) is 30.3 Å². The third-order valence-electron chi connectivity index (χ3n) is 4.41. The zero-order valence-electron chi connectivity index (χ0n) is 14.5. The first-order valence-corrected chi connectivity index (χ1v) is 8.44. The number of esters is 1. The Hall–Kier alpha value is -2.93. The first-order valence-electron chi connectivity index (χ1n) is 8.44. The Morgan fingerprint density at radius 1 is 1.23 bits per heavy atom. The summed E-state index contributed by atoms with van der Waals surface area (Å²) in [5.41, 5.74) is 0.694. The van der Waals surface area contributed by atoms with Gasteiger partial charge in [-0.25, -0.2) is 0 Å². The van der Waals surface area contributed by atoms with Crippen LogP contribution >= 0.6 is 0 Å². The topological polar surface area (TPSA) is 87.7 Å². The normalized spacial score (nSPS) is 17.6. The van der Waals surface area contributed by atoms with Crippen LogP contribution in [0, 0.1) is 0 Å². The van der Waals surface area contributed by atoms with Crippen LogP contribution in [-0.2, 0) is 19.1 Å². The number of nitrogens with zero attached hydrogens (tertiary/aromatic N) is 1. The van der Waals surface area contributed by atoms with Gasteiger partial charge in [0, 0.05) is 18.8 Å². The number of ether oxygens (including phenoxy) is 1. The third kappa shape index (κ3) is 4.18. The molecule has 1 aliphatic heterocycles. The Morgan fingerprint density at radius 3 is 2.77 bits per heavy atom. The number of methoxy groups -OCH3 is 1. The van der Waals surface area contributed by atoms with Crippen molar-refractivity contribution < 1.29 is 19.1 Å². The minimum Gasteiger partial charge on any atom is -0.469 e. The Bertz CT molecular complexity index is 836. The fraction of sp³-hybridized carbons (Fsp3) is 0.316. The molecule has 7 nitrogen and oxygen atoms in total. The highest BCUT2D eigenvalue weighted by Gasteiger charge is 2.33. The second-order valence-electron chi connectivity index (χ2n) is 6.17. The van der Waals surface area contributed by atoms with Crippen molar-refractivity contribution in [3.8, 4) is 0 Å². The summed E-state index contributed by atoms with van der Waals surface area (Å²) in [5.74, 6) is -0.975. The molecule has 0 radical (unpaired) electrons. The summed E-state index contributed by atoms with van der Waals surface area (Å²) in [6.45, 7) is 0.972. The number of rotatable bonds is 5. The lowest BCUT2D eigenvalue weighted by atomic mass is 10.1. The molecule has 3 rings (SSSR count). The van der Waals surface area contributed by atoms with Gasteiger partial charge in [0.05, 0.1) is 20.1 Å². The van der Waals surface area contributed by atoms with E-state index in [9.17, 15) is 14.4 Å². The predicted octanol–water partition coefficient (Wildman–Crippen LogP) is 1.14. The van der Waals surface area contributed by atoms with Gasteiger partial charge in [0.1, 0.15) is 6.04 Å². The molecule has 1 saturated heterocycles. The first-order chi connectivity index (χ1) is 12.6. The van der Waals surface area contributed by atoms with Crippen molar-refractivity contribution in [3.05, 3.63) is 42.5 Å². The monoisotopic (exact) mass is 355 g/mol. The molecule has 2 aromatic rings. The van der Waals surface area contributed by atoms with E-state index < -0.39 is 12.0 Å². The van der Waals surface area contributed by atoms with Crippen molar-refractivity contribution in [3.63, 3.8) is 0 Å². The van der Waals surface area contributed by atoms with Gasteiger partial charge < -0.3 is 15.4 Å². The molecular weight excluding hydrogens is 334 g/mol. The third-order valence-corrected chi connectivity index (χ3v) is 4.41.